The van der Waals surface area contributed by atoms with Crippen LogP contribution in [0.5, 0.6) is 0 Å². The maximum Gasteiger partial charge on any atom is 0.296 e. The Hall–Kier alpha value is -3.34. The SMILES string of the molecule is O=C1CCCN1C1CCC(Nc2nc(N3CCOCC3)cc(-n3c(C(F)F)nc4ccccc43)n2)CC1. The van der Waals surface area contributed by atoms with Crippen LogP contribution in [0, 0.1) is 0 Å². The summed E-state index contributed by atoms with van der Waals surface area (Å²) in [6.07, 6.45) is 2.51. The first-order chi connectivity index (χ1) is 18.1. The second-order valence-corrected chi connectivity index (χ2v) is 9.94. The molecule has 0 spiro atoms. The summed E-state index contributed by atoms with van der Waals surface area (Å²) in [4.78, 5) is 30.0. The summed E-state index contributed by atoms with van der Waals surface area (Å²) in [6.45, 7) is 3.35. The number of carbonyl (C=O) groups is 1. The standard InChI is InChI=1S/C26H31F2N7O2/c27-24(28)25-30-19-4-1-2-5-20(19)35(25)22-16-21(33-12-14-37-15-13-33)31-26(32-22)29-17-7-9-18(10-8-17)34-11-3-6-23(34)36/h1-2,4-5,16-18,24H,3,6-15H2,(H,29,31,32). The van der Waals surface area contributed by atoms with Crippen LogP contribution in [0.1, 0.15) is 50.8 Å². The number of ether oxygens (including phenoxy) is 1. The van der Waals surface area contributed by atoms with Crippen molar-refractivity contribution >= 4 is 28.7 Å². The molecule has 196 valence electrons. The van der Waals surface area contributed by atoms with Crippen LogP contribution in [0.3, 0.4) is 0 Å². The Morgan fingerprint density at radius 3 is 2.46 bits per heavy atom. The largest absolute Gasteiger partial charge is 0.378 e. The van der Waals surface area contributed by atoms with Crippen molar-refractivity contribution in [3.05, 3.63) is 36.2 Å². The van der Waals surface area contributed by atoms with Crippen molar-refractivity contribution in [1.29, 1.82) is 0 Å². The van der Waals surface area contributed by atoms with Gasteiger partial charge in [-0.2, -0.15) is 9.97 Å². The first-order valence-corrected chi connectivity index (χ1v) is 13.1. The summed E-state index contributed by atoms with van der Waals surface area (Å²) in [7, 11) is 0. The number of rotatable bonds is 6. The third kappa shape index (κ3) is 4.84. The molecule has 1 aromatic carbocycles. The summed E-state index contributed by atoms with van der Waals surface area (Å²) < 4.78 is 35.1. The molecule has 0 unspecified atom stereocenters. The zero-order valence-corrected chi connectivity index (χ0v) is 20.7. The normalized spacial score (nSPS) is 22.8. The Balaban J connectivity index is 1.31. The summed E-state index contributed by atoms with van der Waals surface area (Å²) in [5, 5.41) is 3.48. The third-order valence-electron chi connectivity index (χ3n) is 7.63. The van der Waals surface area contributed by atoms with Crippen LogP contribution in [0.4, 0.5) is 20.5 Å². The number of aromatic nitrogens is 4. The number of likely N-dealkylation sites (tertiary alicyclic amines) is 1. The van der Waals surface area contributed by atoms with E-state index >= 15 is 0 Å². The molecule has 2 saturated heterocycles. The van der Waals surface area contributed by atoms with E-state index in [-0.39, 0.29) is 17.8 Å². The first kappa shape index (κ1) is 24.0. The number of hydrogen-bond donors (Lipinski definition) is 1. The van der Waals surface area contributed by atoms with Gasteiger partial charge in [-0.3, -0.25) is 9.36 Å². The number of carbonyl (C=O) groups excluding carboxylic acids is 1. The molecule has 11 heteroatoms. The molecule has 4 heterocycles. The van der Waals surface area contributed by atoms with Gasteiger partial charge in [0, 0.05) is 44.2 Å². The molecule has 0 radical (unpaired) electrons. The van der Waals surface area contributed by atoms with Crippen LogP contribution in [0.2, 0.25) is 0 Å². The number of fused-ring (bicyclic) bond motifs is 1. The van der Waals surface area contributed by atoms with E-state index in [2.05, 4.69) is 15.2 Å². The minimum Gasteiger partial charge on any atom is -0.378 e. The number of nitrogens with zero attached hydrogens (tertiary/aromatic N) is 6. The molecule has 9 nitrogen and oxygen atoms in total. The number of para-hydroxylation sites is 2. The van der Waals surface area contributed by atoms with Crippen LogP contribution < -0.4 is 10.2 Å². The van der Waals surface area contributed by atoms with Crippen molar-refractivity contribution < 1.29 is 18.3 Å². The van der Waals surface area contributed by atoms with Crippen molar-refractivity contribution in [2.24, 2.45) is 0 Å². The van der Waals surface area contributed by atoms with E-state index in [1.165, 1.54) is 4.57 Å². The molecule has 2 aliphatic heterocycles. The molecule has 0 atom stereocenters. The molecule has 3 fully saturated rings. The molecule has 3 aromatic rings. The van der Waals surface area contributed by atoms with Crippen molar-refractivity contribution in [2.75, 3.05) is 43.1 Å². The molecule has 1 N–H and O–H groups in total. The molecule has 1 amide bonds. The van der Waals surface area contributed by atoms with Crippen molar-refractivity contribution in [1.82, 2.24) is 24.4 Å². The molecule has 0 bridgehead atoms. The zero-order chi connectivity index (χ0) is 25.4. The monoisotopic (exact) mass is 511 g/mol. The fraction of sp³-hybridized carbons (Fsp3) is 0.538. The van der Waals surface area contributed by atoms with Gasteiger partial charge in [-0.1, -0.05) is 12.1 Å². The fourth-order valence-corrected chi connectivity index (χ4v) is 5.76. The van der Waals surface area contributed by atoms with E-state index in [1.807, 2.05) is 11.0 Å². The smallest absolute Gasteiger partial charge is 0.296 e. The summed E-state index contributed by atoms with van der Waals surface area (Å²) in [5.41, 5.74) is 1.07. The highest BCUT2D eigenvalue weighted by Gasteiger charge is 2.32. The molecule has 37 heavy (non-hydrogen) atoms. The lowest BCUT2D eigenvalue weighted by Crippen LogP contribution is -2.41. The van der Waals surface area contributed by atoms with Crippen LogP contribution >= 0.6 is 0 Å². The number of morpholine rings is 1. The molecule has 6 rings (SSSR count). The van der Waals surface area contributed by atoms with Gasteiger partial charge in [-0.15, -0.1) is 0 Å². The molecule has 3 aliphatic rings. The van der Waals surface area contributed by atoms with E-state index < -0.39 is 6.43 Å². The van der Waals surface area contributed by atoms with E-state index in [4.69, 9.17) is 14.7 Å². The zero-order valence-electron chi connectivity index (χ0n) is 20.7. The van der Waals surface area contributed by atoms with Gasteiger partial charge >= 0.3 is 0 Å². The molecule has 2 aromatic heterocycles. The number of halogens is 2. The Morgan fingerprint density at radius 1 is 0.973 bits per heavy atom. The quantitative estimate of drug-likeness (QED) is 0.536. The van der Waals surface area contributed by atoms with Gasteiger partial charge in [0.25, 0.3) is 6.43 Å². The Morgan fingerprint density at radius 2 is 1.73 bits per heavy atom. The second kappa shape index (κ2) is 10.2. The maximum atomic E-state index is 14.1. The van der Waals surface area contributed by atoms with Gasteiger partial charge in [-0.05, 0) is 44.2 Å². The van der Waals surface area contributed by atoms with Crippen molar-refractivity contribution in [3.8, 4) is 5.82 Å². The van der Waals surface area contributed by atoms with E-state index in [9.17, 15) is 13.6 Å². The summed E-state index contributed by atoms with van der Waals surface area (Å²) in [6, 6.07) is 9.30. The highest BCUT2D eigenvalue weighted by Crippen LogP contribution is 2.31. The highest BCUT2D eigenvalue weighted by atomic mass is 19.3. The van der Waals surface area contributed by atoms with Gasteiger partial charge in [0.1, 0.15) is 11.6 Å². The van der Waals surface area contributed by atoms with E-state index in [1.54, 1.807) is 24.3 Å². The first-order valence-electron chi connectivity index (χ1n) is 13.1. The number of imidazole rings is 1. The van der Waals surface area contributed by atoms with E-state index in [0.717, 1.165) is 38.6 Å². The predicted molar refractivity (Wildman–Crippen MR) is 135 cm³/mol. The number of anilines is 2. The average Bonchev–Trinajstić information content (AvgIpc) is 3.53. The number of nitrogens with one attached hydrogen (secondary N) is 1. The van der Waals surface area contributed by atoms with Crippen LogP contribution in [0.25, 0.3) is 16.9 Å². The third-order valence-corrected chi connectivity index (χ3v) is 7.63. The molecule has 1 aliphatic carbocycles. The predicted octanol–water partition coefficient (Wildman–Crippen LogP) is 3.94. The Labute approximate surface area is 213 Å². The topological polar surface area (TPSA) is 88.4 Å². The average molecular weight is 512 g/mol. The lowest BCUT2D eigenvalue weighted by molar-refractivity contribution is -0.130. The molecular weight excluding hydrogens is 480 g/mol. The number of amides is 1. The van der Waals surface area contributed by atoms with Crippen molar-refractivity contribution in [2.45, 2.75) is 57.0 Å². The van der Waals surface area contributed by atoms with E-state index in [0.29, 0.717) is 67.4 Å². The number of alkyl halides is 2. The highest BCUT2D eigenvalue weighted by molar-refractivity contribution is 5.79. The molecule has 1 saturated carbocycles. The van der Waals surface area contributed by atoms with Gasteiger partial charge in [0.15, 0.2) is 5.82 Å². The molecular formula is C26H31F2N7O2. The maximum absolute atomic E-state index is 14.1. The van der Waals surface area contributed by atoms with Gasteiger partial charge in [0.2, 0.25) is 11.9 Å². The van der Waals surface area contributed by atoms with Crippen LogP contribution in [-0.4, -0.2) is 75.3 Å². The minimum absolute atomic E-state index is 0.149. The number of hydrogen-bond acceptors (Lipinski definition) is 7. The van der Waals surface area contributed by atoms with Crippen LogP contribution in [-0.2, 0) is 9.53 Å². The lowest BCUT2D eigenvalue weighted by Gasteiger charge is -2.35. The van der Waals surface area contributed by atoms with Crippen molar-refractivity contribution in [3.63, 3.8) is 0 Å². The Bertz CT molecular complexity index is 1270. The van der Waals surface area contributed by atoms with Gasteiger partial charge < -0.3 is 19.9 Å². The summed E-state index contributed by atoms with van der Waals surface area (Å²) >= 11 is 0. The van der Waals surface area contributed by atoms with Crippen LogP contribution in [0.15, 0.2) is 30.3 Å². The van der Waals surface area contributed by atoms with Gasteiger partial charge in [0.05, 0.1) is 24.2 Å². The minimum atomic E-state index is -2.76. The van der Waals surface area contributed by atoms with Gasteiger partial charge in [-0.25, -0.2) is 13.8 Å². The fourth-order valence-electron chi connectivity index (χ4n) is 5.76. The second-order valence-electron chi connectivity index (χ2n) is 9.94. The number of benzene rings is 1. The Kier molecular flexibility index (Phi) is 6.62. The summed E-state index contributed by atoms with van der Waals surface area (Å²) in [5.74, 6) is 1.38. The lowest BCUT2D eigenvalue weighted by atomic mass is 9.90.